The maximum Gasteiger partial charge on any atom is 0.341 e. The van der Waals surface area contributed by atoms with Gasteiger partial charge in [-0.05, 0) is 13.8 Å². The molecule has 0 bridgehead atoms. The molecule has 0 amide bonds. The summed E-state index contributed by atoms with van der Waals surface area (Å²) in [5.74, 6) is -0.524. The Kier molecular flexibility index (Phi) is 2.32. The number of anilines is 1. The molecule has 66 valence electrons. The molecule has 0 spiro atoms. The maximum atomic E-state index is 10.6. The van der Waals surface area contributed by atoms with Gasteiger partial charge in [0.2, 0.25) is 0 Å². The molecule has 0 atom stereocenters. The van der Waals surface area contributed by atoms with Crippen molar-refractivity contribution >= 4 is 11.8 Å². The van der Waals surface area contributed by atoms with Crippen molar-refractivity contribution in [1.82, 2.24) is 10.2 Å². The highest BCUT2D eigenvalue weighted by molar-refractivity contribution is 5.92. The Morgan fingerprint density at radius 1 is 1.75 bits per heavy atom. The molecule has 1 aromatic rings. The van der Waals surface area contributed by atoms with Gasteiger partial charge >= 0.3 is 5.97 Å². The monoisotopic (exact) mass is 169 g/mol. The molecule has 0 aliphatic heterocycles. The fourth-order valence-electron chi connectivity index (χ4n) is 0.847. The minimum atomic E-state index is -0.980. The van der Waals surface area contributed by atoms with Gasteiger partial charge in [-0.1, -0.05) is 0 Å². The summed E-state index contributed by atoms with van der Waals surface area (Å²) >= 11 is 0. The van der Waals surface area contributed by atoms with Gasteiger partial charge in [0.15, 0.2) is 0 Å². The highest BCUT2D eigenvalue weighted by Crippen LogP contribution is 2.11. The first-order chi connectivity index (χ1) is 5.61. The lowest BCUT2D eigenvalue weighted by Gasteiger charge is -2.07. The molecule has 0 fully saturated rings. The number of aromatic nitrogens is 2. The van der Waals surface area contributed by atoms with E-state index in [0.29, 0.717) is 5.82 Å². The van der Waals surface area contributed by atoms with Crippen molar-refractivity contribution < 1.29 is 9.90 Å². The number of nitrogens with zero attached hydrogens (tertiary/aromatic N) is 1. The Morgan fingerprint density at radius 3 is 2.92 bits per heavy atom. The fourth-order valence-corrected chi connectivity index (χ4v) is 0.847. The molecule has 0 saturated heterocycles. The van der Waals surface area contributed by atoms with Crippen LogP contribution in [-0.2, 0) is 0 Å². The second kappa shape index (κ2) is 3.25. The average molecular weight is 169 g/mol. The number of aromatic carboxylic acids is 1. The zero-order chi connectivity index (χ0) is 9.14. The molecule has 0 aliphatic carbocycles. The first kappa shape index (κ1) is 8.58. The SMILES string of the molecule is CC(C)Nc1[nH]ncc1C(=O)O. The summed E-state index contributed by atoms with van der Waals surface area (Å²) in [6.45, 7) is 3.85. The summed E-state index contributed by atoms with van der Waals surface area (Å²) in [6, 6.07) is 0.184. The Labute approximate surface area is 69.8 Å². The molecular weight excluding hydrogens is 158 g/mol. The largest absolute Gasteiger partial charge is 0.477 e. The Morgan fingerprint density at radius 2 is 2.42 bits per heavy atom. The van der Waals surface area contributed by atoms with Crippen molar-refractivity contribution in [2.24, 2.45) is 0 Å². The van der Waals surface area contributed by atoms with Crippen LogP contribution in [0.5, 0.6) is 0 Å². The van der Waals surface area contributed by atoms with Crippen molar-refractivity contribution in [3.63, 3.8) is 0 Å². The number of carboxylic acids is 1. The molecule has 1 rings (SSSR count). The summed E-state index contributed by atoms with van der Waals surface area (Å²) in [5.41, 5.74) is 0.170. The van der Waals surface area contributed by atoms with Crippen molar-refractivity contribution in [2.75, 3.05) is 5.32 Å². The summed E-state index contributed by atoms with van der Waals surface area (Å²) in [6.07, 6.45) is 1.28. The number of H-pyrrole nitrogens is 1. The van der Waals surface area contributed by atoms with Crippen LogP contribution in [0.25, 0.3) is 0 Å². The summed E-state index contributed by atoms with van der Waals surface area (Å²) in [4.78, 5) is 10.6. The number of hydrogen-bond acceptors (Lipinski definition) is 3. The number of nitrogens with one attached hydrogen (secondary N) is 2. The topological polar surface area (TPSA) is 78.0 Å². The lowest BCUT2D eigenvalue weighted by atomic mass is 10.3. The molecule has 12 heavy (non-hydrogen) atoms. The predicted molar refractivity (Wildman–Crippen MR) is 44.3 cm³/mol. The summed E-state index contributed by atoms with van der Waals surface area (Å²) in [5, 5.41) is 17.8. The zero-order valence-corrected chi connectivity index (χ0v) is 6.96. The minimum Gasteiger partial charge on any atom is -0.477 e. The quantitative estimate of drug-likeness (QED) is 0.629. The van der Waals surface area contributed by atoms with E-state index in [1.807, 2.05) is 13.8 Å². The fraction of sp³-hybridized carbons (Fsp3) is 0.429. The lowest BCUT2D eigenvalue weighted by molar-refractivity contribution is 0.0698. The van der Waals surface area contributed by atoms with Crippen LogP contribution in [0.2, 0.25) is 0 Å². The highest BCUT2D eigenvalue weighted by atomic mass is 16.4. The molecule has 5 heteroatoms. The molecule has 0 aliphatic rings. The third-order valence-corrected chi connectivity index (χ3v) is 1.30. The van der Waals surface area contributed by atoms with Gasteiger partial charge in [-0.2, -0.15) is 5.10 Å². The van der Waals surface area contributed by atoms with Crippen molar-refractivity contribution in [2.45, 2.75) is 19.9 Å². The van der Waals surface area contributed by atoms with E-state index in [1.54, 1.807) is 0 Å². The Balaban J connectivity index is 2.84. The molecule has 0 saturated carbocycles. The first-order valence-corrected chi connectivity index (χ1v) is 3.64. The van der Waals surface area contributed by atoms with Gasteiger partial charge in [-0.3, -0.25) is 5.10 Å². The average Bonchev–Trinajstić information content (AvgIpc) is 2.33. The van der Waals surface area contributed by atoms with Crippen LogP contribution in [0, 0.1) is 0 Å². The number of carboxylic acid groups (broad SMARTS) is 1. The number of hydrogen-bond donors (Lipinski definition) is 3. The third-order valence-electron chi connectivity index (χ3n) is 1.30. The van der Waals surface area contributed by atoms with Gasteiger partial charge in [0.25, 0.3) is 0 Å². The Bertz CT molecular complexity index is 280. The normalized spacial score (nSPS) is 10.2. The second-order valence-electron chi connectivity index (χ2n) is 2.76. The predicted octanol–water partition coefficient (Wildman–Crippen LogP) is 0.928. The van der Waals surface area contributed by atoms with E-state index in [2.05, 4.69) is 15.5 Å². The van der Waals surface area contributed by atoms with Crippen LogP contribution in [0.15, 0.2) is 6.20 Å². The minimum absolute atomic E-state index is 0.170. The third kappa shape index (κ3) is 1.75. The Hall–Kier alpha value is -1.52. The van der Waals surface area contributed by atoms with Crippen LogP contribution in [0.1, 0.15) is 24.2 Å². The van der Waals surface area contributed by atoms with Crippen LogP contribution < -0.4 is 5.32 Å². The van der Waals surface area contributed by atoms with E-state index in [4.69, 9.17) is 5.11 Å². The van der Waals surface area contributed by atoms with Crippen molar-refractivity contribution in [1.29, 1.82) is 0 Å². The van der Waals surface area contributed by atoms with Crippen LogP contribution in [0.4, 0.5) is 5.82 Å². The van der Waals surface area contributed by atoms with Gasteiger partial charge in [0.1, 0.15) is 11.4 Å². The van der Waals surface area contributed by atoms with Gasteiger partial charge < -0.3 is 10.4 Å². The van der Waals surface area contributed by atoms with Crippen LogP contribution in [-0.4, -0.2) is 27.3 Å². The summed E-state index contributed by atoms with van der Waals surface area (Å²) < 4.78 is 0. The van der Waals surface area contributed by atoms with Gasteiger partial charge in [-0.15, -0.1) is 0 Å². The van der Waals surface area contributed by atoms with E-state index in [-0.39, 0.29) is 11.6 Å². The van der Waals surface area contributed by atoms with E-state index in [1.165, 1.54) is 6.20 Å². The smallest absolute Gasteiger partial charge is 0.341 e. The van der Waals surface area contributed by atoms with Gasteiger partial charge in [0, 0.05) is 6.04 Å². The molecule has 0 unspecified atom stereocenters. The molecule has 1 aromatic heterocycles. The lowest BCUT2D eigenvalue weighted by Crippen LogP contribution is -2.12. The van der Waals surface area contributed by atoms with E-state index >= 15 is 0 Å². The molecule has 0 aromatic carbocycles. The molecule has 1 heterocycles. The van der Waals surface area contributed by atoms with Gasteiger partial charge in [-0.25, -0.2) is 4.79 Å². The summed E-state index contributed by atoms with van der Waals surface area (Å²) in [7, 11) is 0. The van der Waals surface area contributed by atoms with Crippen molar-refractivity contribution in [3.8, 4) is 0 Å². The molecule has 0 radical (unpaired) electrons. The van der Waals surface area contributed by atoms with Gasteiger partial charge in [0.05, 0.1) is 6.20 Å². The van der Waals surface area contributed by atoms with E-state index < -0.39 is 5.97 Å². The highest BCUT2D eigenvalue weighted by Gasteiger charge is 2.11. The number of carbonyl (C=O) groups is 1. The van der Waals surface area contributed by atoms with E-state index in [0.717, 1.165) is 0 Å². The van der Waals surface area contributed by atoms with Crippen LogP contribution >= 0.6 is 0 Å². The molecule has 3 N–H and O–H groups in total. The van der Waals surface area contributed by atoms with E-state index in [9.17, 15) is 4.79 Å². The van der Waals surface area contributed by atoms with Crippen molar-refractivity contribution in [3.05, 3.63) is 11.8 Å². The molecular formula is C7H11N3O2. The first-order valence-electron chi connectivity index (χ1n) is 3.64. The number of aromatic amines is 1. The molecule has 5 nitrogen and oxygen atoms in total. The number of rotatable bonds is 3. The second-order valence-corrected chi connectivity index (χ2v) is 2.76. The zero-order valence-electron chi connectivity index (χ0n) is 6.96. The maximum absolute atomic E-state index is 10.6. The van der Waals surface area contributed by atoms with Crippen LogP contribution in [0.3, 0.4) is 0 Å². The standard InChI is InChI=1S/C7H11N3O2/c1-4(2)9-6-5(7(11)12)3-8-10-6/h3-4H,1-2H3,(H,11,12)(H2,8,9,10).